The van der Waals surface area contributed by atoms with Crippen LogP contribution in [-0.4, -0.2) is 11.9 Å². The monoisotopic (exact) mass is 354 g/mol. The summed E-state index contributed by atoms with van der Waals surface area (Å²) in [4.78, 5) is 13.0. The van der Waals surface area contributed by atoms with E-state index in [1.165, 1.54) is 11.3 Å². The number of hydrogen-bond donors (Lipinski definition) is 2. The van der Waals surface area contributed by atoms with Crippen LogP contribution in [0.15, 0.2) is 22.7 Å². The average molecular weight is 355 g/mol. The number of carbonyl (C=O) groups is 1. The van der Waals surface area contributed by atoms with Gasteiger partial charge in [-0.2, -0.15) is 0 Å². The van der Waals surface area contributed by atoms with Gasteiger partial charge in [0.2, 0.25) is 0 Å². The molecule has 1 heterocycles. The first-order chi connectivity index (χ1) is 9.45. The van der Waals surface area contributed by atoms with Gasteiger partial charge >= 0.3 is 0 Å². The molecule has 0 aliphatic carbocycles. The minimum atomic E-state index is -0.0802. The maximum absolute atomic E-state index is 12.4. The zero-order valence-electron chi connectivity index (χ0n) is 11.9. The lowest BCUT2D eigenvalue weighted by atomic mass is 10.0. The second-order valence-corrected chi connectivity index (χ2v) is 7.01. The third-order valence-corrected chi connectivity index (χ3v) is 5.59. The molecule has 20 heavy (non-hydrogen) atoms. The Labute approximate surface area is 131 Å². The van der Waals surface area contributed by atoms with Crippen molar-refractivity contribution in [1.29, 1.82) is 0 Å². The van der Waals surface area contributed by atoms with Crippen LogP contribution in [-0.2, 0) is 0 Å². The molecule has 1 aromatic carbocycles. The Morgan fingerprint density at radius 1 is 1.45 bits per heavy atom. The van der Waals surface area contributed by atoms with Gasteiger partial charge in [-0.25, -0.2) is 0 Å². The molecule has 1 aromatic heterocycles. The first-order valence-corrected chi connectivity index (χ1v) is 8.34. The van der Waals surface area contributed by atoms with Gasteiger partial charge in [-0.1, -0.05) is 42.3 Å². The summed E-state index contributed by atoms with van der Waals surface area (Å²) in [5.74, 6) is 0.365. The molecule has 0 fully saturated rings. The van der Waals surface area contributed by atoms with E-state index in [-0.39, 0.29) is 11.9 Å². The first-order valence-electron chi connectivity index (χ1n) is 6.73. The molecule has 2 rings (SSSR count). The minimum absolute atomic E-state index is 0.0802. The topological polar surface area (TPSA) is 55.1 Å². The molecular formula is C15H19BrN2OS. The molecule has 0 radical (unpaired) electrons. The Hall–Kier alpha value is -1.07. The molecule has 3 nitrogen and oxygen atoms in total. The van der Waals surface area contributed by atoms with Gasteiger partial charge in [0.1, 0.15) is 4.88 Å². The number of nitrogens with two attached hydrogens (primary N) is 1. The second-order valence-electron chi connectivity index (χ2n) is 5.11. The average Bonchev–Trinajstić information content (AvgIpc) is 2.76. The number of nitrogens with one attached hydrogen (secondary N) is 1. The summed E-state index contributed by atoms with van der Waals surface area (Å²) in [5, 5.41) is 3.97. The molecule has 0 spiro atoms. The summed E-state index contributed by atoms with van der Waals surface area (Å²) in [7, 11) is 0. The molecule has 0 saturated heterocycles. The van der Waals surface area contributed by atoms with Gasteiger partial charge in [-0.3, -0.25) is 4.79 Å². The van der Waals surface area contributed by atoms with Crippen LogP contribution in [0.3, 0.4) is 0 Å². The van der Waals surface area contributed by atoms with Crippen molar-refractivity contribution in [2.75, 3.05) is 5.73 Å². The quantitative estimate of drug-likeness (QED) is 0.854. The number of fused-ring (bicyclic) bond motifs is 1. The summed E-state index contributed by atoms with van der Waals surface area (Å²) in [6.07, 6.45) is 1.04. The van der Waals surface area contributed by atoms with Gasteiger partial charge in [0, 0.05) is 20.6 Å². The van der Waals surface area contributed by atoms with Gasteiger partial charge < -0.3 is 11.1 Å². The van der Waals surface area contributed by atoms with Crippen molar-refractivity contribution < 1.29 is 4.79 Å². The van der Waals surface area contributed by atoms with Crippen molar-refractivity contribution in [3.05, 3.63) is 27.5 Å². The van der Waals surface area contributed by atoms with Crippen molar-refractivity contribution in [2.45, 2.75) is 33.2 Å². The van der Waals surface area contributed by atoms with Crippen LogP contribution >= 0.6 is 27.3 Å². The van der Waals surface area contributed by atoms with Crippen molar-refractivity contribution in [3.8, 4) is 0 Å². The molecule has 0 saturated carbocycles. The second kappa shape index (κ2) is 6.14. The molecule has 3 N–H and O–H groups in total. The van der Waals surface area contributed by atoms with Crippen LogP contribution in [0.25, 0.3) is 10.1 Å². The van der Waals surface area contributed by atoms with E-state index in [1.807, 2.05) is 25.1 Å². The van der Waals surface area contributed by atoms with Crippen LogP contribution in [0.2, 0.25) is 0 Å². The molecular weight excluding hydrogens is 336 g/mol. The highest BCUT2D eigenvalue weighted by Crippen LogP contribution is 2.38. The van der Waals surface area contributed by atoms with Crippen LogP contribution in [0.1, 0.15) is 36.9 Å². The number of halogens is 1. The lowest BCUT2D eigenvalue weighted by molar-refractivity contribution is 0.0933. The molecule has 1 amide bonds. The minimum Gasteiger partial charge on any atom is -0.397 e. The fourth-order valence-electron chi connectivity index (χ4n) is 2.07. The van der Waals surface area contributed by atoms with Crippen molar-refractivity contribution in [3.63, 3.8) is 0 Å². The van der Waals surface area contributed by atoms with E-state index in [1.54, 1.807) is 0 Å². The molecule has 2 atom stereocenters. The molecule has 5 heteroatoms. The number of benzene rings is 1. The van der Waals surface area contributed by atoms with Gasteiger partial charge in [0.15, 0.2) is 0 Å². The number of carbonyl (C=O) groups excluding carboxylic acids is 1. The lowest BCUT2D eigenvalue weighted by Gasteiger charge is -2.19. The Balaban J connectivity index is 2.32. The van der Waals surface area contributed by atoms with E-state index in [0.717, 1.165) is 21.0 Å². The number of hydrogen-bond acceptors (Lipinski definition) is 3. The third-order valence-electron chi connectivity index (χ3n) is 3.76. The Bertz CT molecular complexity index is 638. The summed E-state index contributed by atoms with van der Waals surface area (Å²) in [6.45, 7) is 6.29. The Kier molecular flexibility index (Phi) is 4.70. The highest BCUT2D eigenvalue weighted by atomic mass is 79.9. The van der Waals surface area contributed by atoms with E-state index in [0.29, 0.717) is 16.5 Å². The predicted octanol–water partition coefficient (Wildman–Crippen LogP) is 4.41. The Morgan fingerprint density at radius 3 is 2.75 bits per heavy atom. The molecule has 0 aliphatic rings. The molecule has 108 valence electrons. The normalized spacial score (nSPS) is 14.2. The first kappa shape index (κ1) is 15.3. The van der Waals surface area contributed by atoms with Crippen molar-refractivity contribution in [1.82, 2.24) is 5.32 Å². The van der Waals surface area contributed by atoms with Gasteiger partial charge in [-0.05, 0) is 25.0 Å². The van der Waals surface area contributed by atoms with Gasteiger partial charge in [0.05, 0.1) is 5.69 Å². The van der Waals surface area contributed by atoms with Crippen LogP contribution in [0, 0.1) is 5.92 Å². The molecule has 0 aliphatic heterocycles. The summed E-state index contributed by atoms with van der Waals surface area (Å²) in [5.41, 5.74) is 6.71. The number of thiophene rings is 1. The van der Waals surface area contributed by atoms with Crippen LogP contribution in [0.5, 0.6) is 0 Å². The van der Waals surface area contributed by atoms with Gasteiger partial charge in [-0.15, -0.1) is 11.3 Å². The molecule has 2 unspecified atom stereocenters. The summed E-state index contributed by atoms with van der Waals surface area (Å²) >= 11 is 4.93. The highest BCUT2D eigenvalue weighted by Gasteiger charge is 2.20. The van der Waals surface area contributed by atoms with E-state index in [9.17, 15) is 4.79 Å². The summed E-state index contributed by atoms with van der Waals surface area (Å²) < 4.78 is 1.95. The Morgan fingerprint density at radius 2 is 2.15 bits per heavy atom. The fraction of sp³-hybridized carbons (Fsp3) is 0.400. The maximum Gasteiger partial charge on any atom is 0.263 e. The summed E-state index contributed by atoms with van der Waals surface area (Å²) in [6, 6.07) is 6.01. The number of rotatable bonds is 4. The third kappa shape index (κ3) is 2.83. The predicted molar refractivity (Wildman–Crippen MR) is 90.3 cm³/mol. The van der Waals surface area contributed by atoms with E-state index in [4.69, 9.17) is 5.73 Å². The molecule has 2 aromatic rings. The zero-order valence-corrected chi connectivity index (χ0v) is 14.3. The number of amides is 1. The standard InChI is InChI=1S/C15H19BrN2OS/c1-4-8(2)9(3)18-15(19)14-13(17)12-10(16)6-5-7-11(12)20-14/h5-9H,4,17H2,1-3H3,(H,18,19). The van der Waals surface area contributed by atoms with Crippen molar-refractivity contribution in [2.24, 2.45) is 5.92 Å². The maximum atomic E-state index is 12.4. The lowest BCUT2D eigenvalue weighted by Crippen LogP contribution is -2.36. The number of anilines is 1. The largest absolute Gasteiger partial charge is 0.397 e. The van der Waals surface area contributed by atoms with E-state index in [2.05, 4.69) is 35.1 Å². The SMILES string of the molecule is CCC(C)C(C)NC(=O)c1sc2cccc(Br)c2c1N. The van der Waals surface area contributed by atoms with E-state index < -0.39 is 0 Å². The molecule has 0 bridgehead atoms. The zero-order chi connectivity index (χ0) is 14.9. The van der Waals surface area contributed by atoms with Crippen molar-refractivity contribution >= 4 is 48.9 Å². The van der Waals surface area contributed by atoms with E-state index >= 15 is 0 Å². The smallest absolute Gasteiger partial charge is 0.263 e. The van der Waals surface area contributed by atoms with Crippen LogP contribution < -0.4 is 11.1 Å². The van der Waals surface area contributed by atoms with Crippen LogP contribution in [0.4, 0.5) is 5.69 Å². The highest BCUT2D eigenvalue weighted by molar-refractivity contribution is 9.10. The van der Waals surface area contributed by atoms with Gasteiger partial charge in [0.25, 0.3) is 5.91 Å². The fourth-order valence-corrected chi connectivity index (χ4v) is 3.83. The number of nitrogen functional groups attached to an aromatic ring is 1.